The molecule has 0 aromatic heterocycles. The van der Waals surface area contributed by atoms with Crippen molar-refractivity contribution in [1.29, 1.82) is 0 Å². The minimum Gasteiger partial charge on any atom is -0.447 e. The fraction of sp³-hybridized carbons (Fsp3) is 0.333. The van der Waals surface area contributed by atoms with Crippen LogP contribution in [0.2, 0.25) is 0 Å². The summed E-state index contributed by atoms with van der Waals surface area (Å²) in [4.78, 5) is 24.6. The lowest BCUT2D eigenvalue weighted by atomic mass is 10.1. The number of carbonyl (C=O) groups is 2. The van der Waals surface area contributed by atoms with Crippen molar-refractivity contribution >= 4 is 18.1 Å². The van der Waals surface area contributed by atoms with E-state index in [1.165, 1.54) is 18.2 Å². The number of alkyl halides is 3. The van der Waals surface area contributed by atoms with Crippen LogP contribution < -0.4 is 4.74 Å². The van der Waals surface area contributed by atoms with Crippen molar-refractivity contribution < 1.29 is 32.2 Å². The van der Waals surface area contributed by atoms with Crippen LogP contribution >= 0.6 is 0 Å². The maximum Gasteiger partial charge on any atom is 0.573 e. The van der Waals surface area contributed by atoms with Gasteiger partial charge in [-0.2, -0.15) is 0 Å². The van der Waals surface area contributed by atoms with E-state index in [-0.39, 0.29) is 6.61 Å². The fourth-order valence-corrected chi connectivity index (χ4v) is 2.06. The van der Waals surface area contributed by atoms with Crippen LogP contribution in [0.3, 0.4) is 0 Å². The molecule has 23 heavy (non-hydrogen) atoms. The van der Waals surface area contributed by atoms with Crippen LogP contribution in [0.4, 0.5) is 18.0 Å². The van der Waals surface area contributed by atoms with Crippen molar-refractivity contribution in [1.82, 2.24) is 4.90 Å². The van der Waals surface area contributed by atoms with Gasteiger partial charge in [0, 0.05) is 6.08 Å². The summed E-state index contributed by atoms with van der Waals surface area (Å²) in [6.07, 6.45) is -3.14. The summed E-state index contributed by atoms with van der Waals surface area (Å²) < 4.78 is 45.1. The minimum atomic E-state index is -4.79. The summed E-state index contributed by atoms with van der Waals surface area (Å²) in [5.74, 6) is -1.01. The predicted molar refractivity (Wildman–Crippen MR) is 74.4 cm³/mol. The van der Waals surface area contributed by atoms with Crippen LogP contribution in [-0.2, 0) is 9.53 Å². The highest BCUT2D eigenvalue weighted by molar-refractivity contribution is 6.02. The summed E-state index contributed by atoms with van der Waals surface area (Å²) in [5.41, 5.74) is -0.454. The van der Waals surface area contributed by atoms with Crippen molar-refractivity contribution in [2.24, 2.45) is 0 Å². The second-order valence-corrected chi connectivity index (χ2v) is 5.49. The van der Waals surface area contributed by atoms with Gasteiger partial charge in [-0.15, -0.1) is 13.2 Å². The number of amides is 2. The van der Waals surface area contributed by atoms with E-state index in [1.807, 2.05) is 0 Å². The Bertz CT molecular complexity index is 652. The lowest BCUT2D eigenvalue weighted by molar-refractivity contribution is -0.274. The zero-order valence-corrected chi connectivity index (χ0v) is 12.4. The second-order valence-electron chi connectivity index (χ2n) is 5.49. The molecule has 0 spiro atoms. The second kappa shape index (κ2) is 5.94. The van der Waals surface area contributed by atoms with Crippen LogP contribution in [0.1, 0.15) is 19.4 Å². The average Bonchev–Trinajstić information content (AvgIpc) is 2.68. The number of cyclic esters (lactones) is 1. The van der Waals surface area contributed by atoms with E-state index >= 15 is 0 Å². The lowest BCUT2D eigenvalue weighted by Crippen LogP contribution is -2.45. The van der Waals surface area contributed by atoms with Gasteiger partial charge in [-0.1, -0.05) is 12.1 Å². The van der Waals surface area contributed by atoms with Crippen molar-refractivity contribution in [3.8, 4) is 5.75 Å². The number of imide groups is 1. The van der Waals surface area contributed by atoms with Gasteiger partial charge in [-0.05, 0) is 37.6 Å². The highest BCUT2D eigenvalue weighted by Gasteiger charge is 2.43. The van der Waals surface area contributed by atoms with Crippen LogP contribution in [-0.4, -0.2) is 35.4 Å². The first kappa shape index (κ1) is 16.9. The fourth-order valence-electron chi connectivity index (χ4n) is 2.06. The molecule has 0 saturated carbocycles. The molecule has 0 atom stereocenters. The highest BCUT2D eigenvalue weighted by Crippen LogP contribution is 2.25. The molecule has 0 N–H and O–H groups in total. The van der Waals surface area contributed by atoms with Crippen LogP contribution in [0.15, 0.2) is 30.3 Å². The molecule has 0 bridgehead atoms. The summed E-state index contributed by atoms with van der Waals surface area (Å²) in [6, 6.07) is 5.14. The number of halogens is 3. The first-order chi connectivity index (χ1) is 10.6. The van der Waals surface area contributed by atoms with Gasteiger partial charge in [0.2, 0.25) is 0 Å². The van der Waals surface area contributed by atoms with Crippen molar-refractivity contribution in [2.75, 3.05) is 6.61 Å². The van der Waals surface area contributed by atoms with Gasteiger partial charge in [0.05, 0.1) is 5.54 Å². The first-order valence-corrected chi connectivity index (χ1v) is 6.63. The van der Waals surface area contributed by atoms with Crippen LogP contribution in [0, 0.1) is 0 Å². The number of ether oxygens (including phenoxy) is 2. The van der Waals surface area contributed by atoms with E-state index in [4.69, 9.17) is 4.74 Å². The van der Waals surface area contributed by atoms with Gasteiger partial charge < -0.3 is 9.47 Å². The zero-order valence-electron chi connectivity index (χ0n) is 12.4. The standard InChI is InChI=1S/C15H14F3NO4/c1-14(2)9-22-13(21)19(14)12(20)7-6-10-4-3-5-11(8-10)23-15(16,17)18/h3-8H,9H2,1-2H3. The van der Waals surface area contributed by atoms with E-state index in [9.17, 15) is 22.8 Å². The summed E-state index contributed by atoms with van der Waals surface area (Å²) in [5, 5.41) is 0. The Morgan fingerprint density at radius 3 is 2.65 bits per heavy atom. The summed E-state index contributed by atoms with van der Waals surface area (Å²) in [6.45, 7) is 3.42. The van der Waals surface area contributed by atoms with Crippen molar-refractivity contribution in [3.05, 3.63) is 35.9 Å². The number of rotatable bonds is 3. The largest absolute Gasteiger partial charge is 0.573 e. The van der Waals surface area contributed by atoms with E-state index in [0.717, 1.165) is 23.1 Å². The van der Waals surface area contributed by atoms with Crippen LogP contribution in [0.5, 0.6) is 5.75 Å². The van der Waals surface area contributed by atoms with Crippen molar-refractivity contribution in [3.63, 3.8) is 0 Å². The lowest BCUT2D eigenvalue weighted by Gasteiger charge is -2.24. The molecule has 2 rings (SSSR count). The molecule has 1 aromatic rings. The average molecular weight is 329 g/mol. The molecule has 1 heterocycles. The number of hydrogen-bond acceptors (Lipinski definition) is 4. The molecule has 8 heteroatoms. The third-order valence-corrected chi connectivity index (χ3v) is 3.07. The molecule has 1 saturated heterocycles. The highest BCUT2D eigenvalue weighted by atomic mass is 19.4. The molecule has 1 fully saturated rings. The Kier molecular flexibility index (Phi) is 4.35. The van der Waals surface area contributed by atoms with Crippen LogP contribution in [0.25, 0.3) is 6.08 Å². The number of hydrogen-bond donors (Lipinski definition) is 0. The van der Waals surface area contributed by atoms with Crippen molar-refractivity contribution in [2.45, 2.75) is 25.7 Å². The number of carbonyl (C=O) groups excluding carboxylic acids is 2. The monoisotopic (exact) mass is 329 g/mol. The molecule has 1 aliphatic heterocycles. The van der Waals surface area contributed by atoms with E-state index in [0.29, 0.717) is 5.56 Å². The Hall–Kier alpha value is -2.51. The molecule has 0 radical (unpaired) electrons. The maximum atomic E-state index is 12.2. The molecular formula is C15H14F3NO4. The van der Waals surface area contributed by atoms with E-state index in [2.05, 4.69) is 4.74 Å². The van der Waals surface area contributed by atoms with Gasteiger partial charge in [-0.25, -0.2) is 9.69 Å². The molecule has 1 aromatic carbocycles. The third kappa shape index (κ3) is 4.24. The molecule has 1 aliphatic rings. The van der Waals surface area contributed by atoms with E-state index < -0.39 is 29.7 Å². The molecule has 5 nitrogen and oxygen atoms in total. The molecule has 124 valence electrons. The van der Waals surface area contributed by atoms with Gasteiger partial charge in [0.25, 0.3) is 5.91 Å². The topological polar surface area (TPSA) is 55.8 Å². The molecule has 2 amide bonds. The third-order valence-electron chi connectivity index (χ3n) is 3.07. The Morgan fingerprint density at radius 1 is 1.39 bits per heavy atom. The number of nitrogens with zero attached hydrogens (tertiary/aromatic N) is 1. The first-order valence-electron chi connectivity index (χ1n) is 6.63. The Morgan fingerprint density at radius 2 is 2.09 bits per heavy atom. The Labute approximate surface area is 130 Å². The number of benzene rings is 1. The summed E-state index contributed by atoms with van der Waals surface area (Å²) in [7, 11) is 0. The van der Waals surface area contributed by atoms with Gasteiger partial charge in [0.1, 0.15) is 12.4 Å². The van der Waals surface area contributed by atoms with Gasteiger partial charge >= 0.3 is 12.5 Å². The smallest absolute Gasteiger partial charge is 0.447 e. The SMILES string of the molecule is CC1(C)COC(=O)N1C(=O)C=Cc1cccc(OC(F)(F)F)c1. The molecular weight excluding hydrogens is 315 g/mol. The maximum absolute atomic E-state index is 12.2. The molecule has 0 unspecified atom stereocenters. The normalized spacial score (nSPS) is 17.4. The quantitative estimate of drug-likeness (QED) is 0.798. The summed E-state index contributed by atoms with van der Waals surface area (Å²) >= 11 is 0. The van der Waals surface area contributed by atoms with E-state index in [1.54, 1.807) is 13.8 Å². The molecule has 0 aliphatic carbocycles. The van der Waals surface area contributed by atoms with Gasteiger partial charge in [0.15, 0.2) is 0 Å². The van der Waals surface area contributed by atoms with Gasteiger partial charge in [-0.3, -0.25) is 4.79 Å². The minimum absolute atomic E-state index is 0.0837. The Balaban J connectivity index is 2.12. The zero-order chi connectivity index (χ0) is 17.3. The predicted octanol–water partition coefficient (Wildman–Crippen LogP) is 3.36.